The van der Waals surface area contributed by atoms with Gasteiger partial charge in [0, 0.05) is 20.6 Å². The van der Waals surface area contributed by atoms with Gasteiger partial charge in [-0.05, 0) is 25.7 Å². The Morgan fingerprint density at radius 2 is 0.889 bits per heavy atom. The van der Waals surface area contributed by atoms with E-state index in [1.54, 1.807) is 12.3 Å². The predicted molar refractivity (Wildman–Crippen MR) is 86.0 cm³/mol. The fourth-order valence-electron chi connectivity index (χ4n) is 2.40. The summed E-state index contributed by atoms with van der Waals surface area (Å²) in [4.78, 5) is 0. The summed E-state index contributed by atoms with van der Waals surface area (Å²) in [6.07, 6.45) is 17.6. The minimum Gasteiger partial charge on any atom is -1.00 e. The van der Waals surface area contributed by atoms with Gasteiger partial charge in [-0.1, -0.05) is 52.4 Å². The van der Waals surface area contributed by atoms with E-state index in [-0.39, 0.29) is 12.4 Å². The van der Waals surface area contributed by atoms with Crippen LogP contribution >= 0.6 is 7.26 Å². The first-order chi connectivity index (χ1) is 8.12. The van der Waals surface area contributed by atoms with Gasteiger partial charge in [-0.3, -0.25) is 0 Å². The Labute approximate surface area is 123 Å². The quantitative estimate of drug-likeness (QED) is 0.383. The maximum atomic E-state index is 2.58. The van der Waals surface area contributed by atoms with Gasteiger partial charge in [0.1, 0.15) is 0 Å². The van der Waals surface area contributed by atoms with Crippen LogP contribution in [0.25, 0.3) is 0 Å². The van der Waals surface area contributed by atoms with Crippen LogP contribution in [0.5, 0.6) is 0 Å². The molecule has 0 aromatic rings. The Morgan fingerprint density at radius 1 is 0.556 bits per heavy atom. The van der Waals surface area contributed by atoms with Crippen LogP contribution in [0.3, 0.4) is 0 Å². The van der Waals surface area contributed by atoms with Crippen molar-refractivity contribution >= 4 is 7.26 Å². The molecule has 0 N–H and O–H groups in total. The second-order valence-corrected chi connectivity index (χ2v) is 11.0. The molecule has 2 heteroatoms. The largest absolute Gasteiger partial charge is 1.00 e. The van der Waals surface area contributed by atoms with Crippen molar-refractivity contribution in [1.82, 2.24) is 0 Å². The summed E-state index contributed by atoms with van der Waals surface area (Å²) in [6.45, 7) is 9.75. The Balaban J connectivity index is 0. The lowest BCUT2D eigenvalue weighted by molar-refractivity contribution is -0.00000409. The van der Waals surface area contributed by atoms with Crippen molar-refractivity contribution in [2.75, 3.05) is 25.7 Å². The van der Waals surface area contributed by atoms with Gasteiger partial charge in [0.25, 0.3) is 0 Å². The zero-order valence-corrected chi connectivity index (χ0v) is 15.0. The van der Waals surface area contributed by atoms with E-state index < -0.39 is 7.26 Å². The van der Waals surface area contributed by atoms with Crippen LogP contribution in [0.4, 0.5) is 0 Å². The molecule has 0 saturated heterocycles. The summed E-state index contributed by atoms with van der Waals surface area (Å²) in [6, 6.07) is 0. The van der Waals surface area contributed by atoms with E-state index in [1.165, 1.54) is 64.2 Å². The second kappa shape index (κ2) is 14.1. The maximum absolute atomic E-state index is 2.58. The Hall–Kier alpha value is 0.720. The highest BCUT2D eigenvalue weighted by atomic mass is 35.5. The van der Waals surface area contributed by atoms with Crippen molar-refractivity contribution in [2.24, 2.45) is 0 Å². The number of halogens is 1. The first-order valence-electron chi connectivity index (χ1n) is 7.94. The van der Waals surface area contributed by atoms with E-state index >= 15 is 0 Å². The highest BCUT2D eigenvalue weighted by Gasteiger charge is 2.23. The highest BCUT2D eigenvalue weighted by molar-refractivity contribution is 7.74. The summed E-state index contributed by atoms with van der Waals surface area (Å²) < 4.78 is 0. The fraction of sp³-hybridized carbons (Fsp3) is 1.00. The van der Waals surface area contributed by atoms with E-state index in [2.05, 4.69) is 27.2 Å². The van der Waals surface area contributed by atoms with Crippen molar-refractivity contribution in [1.29, 1.82) is 0 Å². The maximum Gasteiger partial charge on any atom is 0.0589 e. The molecule has 0 atom stereocenters. The molecule has 0 nitrogen and oxygen atoms in total. The van der Waals surface area contributed by atoms with Crippen LogP contribution in [0, 0.1) is 0 Å². The molecule has 0 spiro atoms. The van der Waals surface area contributed by atoms with Crippen LogP contribution in [-0.2, 0) is 0 Å². The molecule has 0 bridgehead atoms. The number of rotatable bonds is 12. The van der Waals surface area contributed by atoms with E-state index in [1.807, 2.05) is 0 Å². The number of hydrogen-bond acceptors (Lipinski definition) is 0. The molecule has 0 aliphatic heterocycles. The topological polar surface area (TPSA) is 0 Å². The second-order valence-electron chi connectivity index (χ2n) is 6.21. The van der Waals surface area contributed by atoms with Gasteiger partial charge in [0.2, 0.25) is 0 Å². The molecule has 18 heavy (non-hydrogen) atoms. The van der Waals surface area contributed by atoms with Gasteiger partial charge in [0.05, 0.1) is 12.3 Å². The van der Waals surface area contributed by atoms with Crippen LogP contribution < -0.4 is 12.4 Å². The van der Waals surface area contributed by atoms with E-state index in [9.17, 15) is 0 Å². The molecular formula is C16H36ClP. The minimum atomic E-state index is -0.540. The predicted octanol–water partition coefficient (Wildman–Crippen LogP) is 3.21. The summed E-state index contributed by atoms with van der Waals surface area (Å²) in [5.74, 6) is 0. The molecule has 0 aromatic heterocycles. The third kappa shape index (κ3) is 14.8. The standard InChI is InChI=1S/C16H36P.ClH/c1-5-7-9-11-13-15-17(3,4)16-14-12-10-8-6-2;/h5-16H2,1-4H3;1H/q+1;/p-1. The van der Waals surface area contributed by atoms with Crippen LogP contribution in [0.2, 0.25) is 0 Å². The highest BCUT2D eigenvalue weighted by Crippen LogP contribution is 2.52. The molecule has 0 aromatic carbocycles. The SMILES string of the molecule is CCCCCCC[P+](C)(C)CCCCCCC.[Cl-]. The molecule has 0 amide bonds. The molecular weight excluding hydrogens is 259 g/mol. The molecule has 0 rings (SSSR count). The molecule has 0 radical (unpaired) electrons. The Morgan fingerprint density at radius 3 is 1.22 bits per heavy atom. The Kier molecular flexibility index (Phi) is 16.5. The molecule has 0 aliphatic rings. The number of hydrogen-bond donors (Lipinski definition) is 0. The van der Waals surface area contributed by atoms with Crippen molar-refractivity contribution in [3.8, 4) is 0 Å². The minimum absolute atomic E-state index is 0. The summed E-state index contributed by atoms with van der Waals surface area (Å²) in [5.41, 5.74) is 0. The van der Waals surface area contributed by atoms with Crippen molar-refractivity contribution in [3.63, 3.8) is 0 Å². The van der Waals surface area contributed by atoms with Gasteiger partial charge < -0.3 is 12.4 Å². The fourth-order valence-corrected chi connectivity index (χ4v) is 4.78. The zero-order chi connectivity index (χ0) is 13.0. The van der Waals surface area contributed by atoms with E-state index in [4.69, 9.17) is 0 Å². The average Bonchev–Trinajstić information content (AvgIpc) is 2.28. The molecule has 0 heterocycles. The van der Waals surface area contributed by atoms with Crippen molar-refractivity contribution in [3.05, 3.63) is 0 Å². The van der Waals surface area contributed by atoms with Crippen molar-refractivity contribution < 1.29 is 12.4 Å². The monoisotopic (exact) mass is 294 g/mol. The normalized spacial score (nSPS) is 11.3. The third-order valence-corrected chi connectivity index (χ3v) is 6.79. The van der Waals surface area contributed by atoms with Gasteiger partial charge >= 0.3 is 0 Å². The van der Waals surface area contributed by atoms with Crippen LogP contribution in [0.1, 0.15) is 78.1 Å². The van der Waals surface area contributed by atoms with Gasteiger partial charge in [-0.2, -0.15) is 0 Å². The van der Waals surface area contributed by atoms with Crippen molar-refractivity contribution in [2.45, 2.75) is 78.1 Å². The lowest BCUT2D eigenvalue weighted by atomic mass is 10.2. The smallest absolute Gasteiger partial charge is 0.0589 e. The van der Waals surface area contributed by atoms with Crippen LogP contribution in [0.15, 0.2) is 0 Å². The molecule has 0 unspecified atom stereocenters. The number of unbranched alkanes of at least 4 members (excludes halogenated alkanes) is 8. The van der Waals surface area contributed by atoms with Crippen LogP contribution in [-0.4, -0.2) is 25.7 Å². The zero-order valence-electron chi connectivity index (χ0n) is 13.3. The first-order valence-corrected chi connectivity index (χ1v) is 11.0. The Bertz CT molecular complexity index is 141. The van der Waals surface area contributed by atoms with E-state index in [0.29, 0.717) is 0 Å². The lowest BCUT2D eigenvalue weighted by Crippen LogP contribution is -3.00. The molecule has 112 valence electrons. The van der Waals surface area contributed by atoms with Gasteiger partial charge in [-0.15, -0.1) is 0 Å². The third-order valence-electron chi connectivity index (χ3n) is 3.73. The summed E-state index contributed by atoms with van der Waals surface area (Å²) >= 11 is 0. The average molecular weight is 295 g/mol. The van der Waals surface area contributed by atoms with Gasteiger partial charge in [0.15, 0.2) is 0 Å². The van der Waals surface area contributed by atoms with Gasteiger partial charge in [-0.25, -0.2) is 0 Å². The summed E-state index contributed by atoms with van der Waals surface area (Å²) in [7, 11) is -0.540. The summed E-state index contributed by atoms with van der Waals surface area (Å²) in [5, 5.41) is 0. The van der Waals surface area contributed by atoms with E-state index in [0.717, 1.165) is 0 Å². The lowest BCUT2D eigenvalue weighted by Gasteiger charge is -2.18. The molecule has 0 fully saturated rings. The first kappa shape index (κ1) is 21.0. The molecule has 0 aliphatic carbocycles. The molecule has 0 saturated carbocycles.